The molecule has 1 fully saturated rings. The van der Waals surface area contributed by atoms with Gasteiger partial charge in [0.15, 0.2) is 5.69 Å². The minimum Gasteiger partial charge on any atom is -0.472 e. The van der Waals surface area contributed by atoms with E-state index in [1.165, 1.54) is 0 Å². The molecule has 1 atom stereocenters. The summed E-state index contributed by atoms with van der Waals surface area (Å²) in [4.78, 5) is 16.8. The largest absolute Gasteiger partial charge is 0.472 e. The molecule has 9 nitrogen and oxygen atoms in total. The van der Waals surface area contributed by atoms with Gasteiger partial charge in [0.25, 0.3) is 5.91 Å². The van der Waals surface area contributed by atoms with Crippen LogP contribution in [0.2, 0.25) is 0 Å². The highest BCUT2D eigenvalue weighted by Gasteiger charge is 2.30. The first kappa shape index (κ1) is 21.9. The van der Waals surface area contributed by atoms with Gasteiger partial charge in [-0.2, -0.15) is 0 Å². The first-order valence-corrected chi connectivity index (χ1v) is 10.6. The Morgan fingerprint density at radius 1 is 1.22 bits per heavy atom. The van der Waals surface area contributed by atoms with Gasteiger partial charge in [0.1, 0.15) is 18.1 Å². The Morgan fingerprint density at radius 2 is 2.06 bits per heavy atom. The fourth-order valence-electron chi connectivity index (χ4n) is 3.67. The summed E-state index contributed by atoms with van der Waals surface area (Å²) in [6.07, 6.45) is 3.29. The molecule has 1 amide bonds. The molecule has 0 aliphatic carbocycles. The quantitative estimate of drug-likeness (QED) is 0.624. The van der Waals surface area contributed by atoms with Crippen molar-refractivity contribution in [1.29, 1.82) is 0 Å². The number of hydrogen-bond acceptors (Lipinski definition) is 8. The lowest BCUT2D eigenvalue weighted by molar-refractivity contribution is -0.0615. The van der Waals surface area contributed by atoms with E-state index in [0.29, 0.717) is 23.9 Å². The van der Waals surface area contributed by atoms with Crippen LogP contribution in [0.3, 0.4) is 0 Å². The highest BCUT2D eigenvalue weighted by molar-refractivity contribution is 5.92. The first-order chi connectivity index (χ1) is 15.3. The topological polar surface area (TPSA) is 112 Å². The van der Waals surface area contributed by atoms with Crippen molar-refractivity contribution in [2.24, 2.45) is 0 Å². The molecular formula is C23H27N5O4. The summed E-state index contributed by atoms with van der Waals surface area (Å²) in [6, 6.07) is 7.14. The van der Waals surface area contributed by atoms with Crippen molar-refractivity contribution in [2.75, 3.05) is 6.61 Å². The van der Waals surface area contributed by atoms with Crippen molar-refractivity contribution >= 4 is 5.91 Å². The summed E-state index contributed by atoms with van der Waals surface area (Å²) in [5, 5.41) is 15.2. The minimum atomic E-state index is -0.254. The van der Waals surface area contributed by atoms with Crippen molar-refractivity contribution in [2.45, 2.75) is 58.8 Å². The lowest BCUT2D eigenvalue weighted by Gasteiger charge is -2.35. The number of carbonyl (C=O) groups excluding carboxylic acids is 1. The van der Waals surface area contributed by atoms with E-state index in [1.54, 1.807) is 18.3 Å². The van der Waals surface area contributed by atoms with Crippen LogP contribution < -0.4 is 10.1 Å². The van der Waals surface area contributed by atoms with Crippen molar-refractivity contribution in [3.05, 3.63) is 53.2 Å². The van der Waals surface area contributed by atoms with Gasteiger partial charge < -0.3 is 19.3 Å². The Morgan fingerprint density at radius 3 is 2.75 bits per heavy atom. The summed E-state index contributed by atoms with van der Waals surface area (Å²) in [7, 11) is 0. The van der Waals surface area contributed by atoms with E-state index >= 15 is 0 Å². The monoisotopic (exact) mass is 437 g/mol. The molecule has 0 bridgehead atoms. The molecule has 1 unspecified atom stereocenters. The molecule has 0 radical (unpaired) electrons. The highest BCUT2D eigenvalue weighted by atomic mass is 16.5. The molecular weight excluding hydrogens is 410 g/mol. The minimum absolute atomic E-state index is 0.0511. The van der Waals surface area contributed by atoms with Gasteiger partial charge in [-0.05, 0) is 58.7 Å². The Kier molecular flexibility index (Phi) is 6.18. The Balaban J connectivity index is 1.38. The lowest BCUT2D eigenvalue weighted by Crippen LogP contribution is -2.46. The molecule has 168 valence electrons. The van der Waals surface area contributed by atoms with E-state index in [0.717, 1.165) is 29.7 Å². The maximum absolute atomic E-state index is 12.5. The lowest BCUT2D eigenvalue weighted by atomic mass is 9.94. The number of pyridine rings is 1. The van der Waals surface area contributed by atoms with Gasteiger partial charge >= 0.3 is 0 Å². The summed E-state index contributed by atoms with van der Waals surface area (Å²) in [5.41, 5.74) is 3.26. The Bertz CT molecular complexity index is 1080. The summed E-state index contributed by atoms with van der Waals surface area (Å²) < 4.78 is 16.8. The van der Waals surface area contributed by atoms with Crippen molar-refractivity contribution in [3.8, 4) is 17.1 Å². The van der Waals surface area contributed by atoms with E-state index in [9.17, 15) is 4.79 Å². The van der Waals surface area contributed by atoms with Crippen LogP contribution in [0, 0.1) is 13.8 Å². The molecule has 1 saturated heterocycles. The molecule has 32 heavy (non-hydrogen) atoms. The third-order valence-electron chi connectivity index (χ3n) is 5.44. The molecule has 3 aromatic rings. The van der Waals surface area contributed by atoms with Crippen LogP contribution in [0.4, 0.5) is 0 Å². The van der Waals surface area contributed by atoms with Crippen LogP contribution in [0.5, 0.6) is 5.88 Å². The van der Waals surface area contributed by atoms with E-state index in [4.69, 9.17) is 14.0 Å². The number of nitrogens with one attached hydrogen (secondary N) is 1. The number of ether oxygens (including phenoxy) is 2. The molecule has 3 aromatic heterocycles. The number of aromatic nitrogens is 4. The standard InChI is InChI=1S/C23H27N5O4/c1-14-5-6-16(12-24-14)21-18(15(2)32-28-21)13-30-20-8-7-19(26-27-20)22(29)25-17-9-10-31-23(3,4)11-17/h5-8,12,17H,9-11,13H2,1-4H3,(H,25,29). The maximum Gasteiger partial charge on any atom is 0.272 e. The zero-order valence-electron chi connectivity index (χ0n) is 18.7. The van der Waals surface area contributed by atoms with Gasteiger partial charge in [-0.3, -0.25) is 9.78 Å². The molecule has 9 heteroatoms. The second-order valence-electron chi connectivity index (χ2n) is 8.57. The molecule has 4 heterocycles. The average Bonchev–Trinajstić information content (AvgIpc) is 3.13. The predicted molar refractivity (Wildman–Crippen MR) is 116 cm³/mol. The van der Waals surface area contributed by atoms with E-state index in [2.05, 4.69) is 25.7 Å². The van der Waals surface area contributed by atoms with Gasteiger partial charge in [-0.25, -0.2) is 0 Å². The van der Waals surface area contributed by atoms with Crippen LogP contribution in [-0.4, -0.2) is 44.5 Å². The number of hydrogen-bond donors (Lipinski definition) is 1. The van der Waals surface area contributed by atoms with Crippen LogP contribution in [0.25, 0.3) is 11.3 Å². The Labute approximate surface area is 186 Å². The van der Waals surface area contributed by atoms with Crippen molar-refractivity contribution in [1.82, 2.24) is 25.7 Å². The van der Waals surface area contributed by atoms with Crippen molar-refractivity contribution in [3.63, 3.8) is 0 Å². The fourth-order valence-corrected chi connectivity index (χ4v) is 3.67. The third-order valence-corrected chi connectivity index (χ3v) is 5.44. The first-order valence-electron chi connectivity index (χ1n) is 10.6. The Hall–Kier alpha value is -3.33. The highest BCUT2D eigenvalue weighted by Crippen LogP contribution is 2.26. The predicted octanol–water partition coefficient (Wildman–Crippen LogP) is 3.41. The van der Waals surface area contributed by atoms with Crippen LogP contribution >= 0.6 is 0 Å². The van der Waals surface area contributed by atoms with Crippen LogP contribution in [-0.2, 0) is 11.3 Å². The summed E-state index contributed by atoms with van der Waals surface area (Å²) in [5.74, 6) is 0.710. The molecule has 1 N–H and O–H groups in total. The zero-order chi connectivity index (χ0) is 22.7. The zero-order valence-corrected chi connectivity index (χ0v) is 18.7. The van der Waals surface area contributed by atoms with Gasteiger partial charge in [-0.15, -0.1) is 10.2 Å². The number of carbonyl (C=O) groups is 1. The maximum atomic E-state index is 12.5. The molecule has 0 aromatic carbocycles. The summed E-state index contributed by atoms with van der Waals surface area (Å²) >= 11 is 0. The normalized spacial score (nSPS) is 17.7. The van der Waals surface area contributed by atoms with Crippen LogP contribution in [0.1, 0.15) is 54.2 Å². The summed E-state index contributed by atoms with van der Waals surface area (Å²) in [6.45, 7) is 8.63. The van der Waals surface area contributed by atoms with Gasteiger partial charge in [0, 0.05) is 36.2 Å². The van der Waals surface area contributed by atoms with Crippen LogP contribution in [0.15, 0.2) is 35.0 Å². The molecule has 1 aliphatic heterocycles. The smallest absolute Gasteiger partial charge is 0.272 e. The second kappa shape index (κ2) is 9.04. The molecule has 1 aliphatic rings. The average molecular weight is 438 g/mol. The van der Waals surface area contributed by atoms with Crippen molar-refractivity contribution < 1.29 is 18.8 Å². The van der Waals surface area contributed by atoms with Gasteiger partial charge in [0.05, 0.1) is 11.2 Å². The number of aryl methyl sites for hydroxylation is 2. The molecule has 0 saturated carbocycles. The molecule has 0 spiro atoms. The second-order valence-corrected chi connectivity index (χ2v) is 8.57. The SMILES string of the molecule is Cc1ccc(-c2noc(C)c2COc2ccc(C(=O)NC3CCOC(C)(C)C3)nn2)cn1. The molecule has 4 rings (SSSR count). The fraction of sp³-hybridized carbons (Fsp3) is 0.435. The number of nitrogens with zero attached hydrogens (tertiary/aromatic N) is 4. The number of amides is 1. The third kappa shape index (κ3) is 5.11. The van der Waals surface area contributed by atoms with E-state index in [1.807, 2.05) is 39.8 Å². The van der Waals surface area contributed by atoms with Gasteiger partial charge in [0.2, 0.25) is 5.88 Å². The number of rotatable bonds is 6. The van der Waals surface area contributed by atoms with E-state index in [-0.39, 0.29) is 29.9 Å². The van der Waals surface area contributed by atoms with E-state index < -0.39 is 0 Å². The van der Waals surface area contributed by atoms with Gasteiger partial charge in [-0.1, -0.05) is 5.16 Å².